The second-order valence-electron chi connectivity index (χ2n) is 4.69. The fourth-order valence-corrected chi connectivity index (χ4v) is 2.59. The van der Waals surface area contributed by atoms with Crippen LogP contribution in [-0.4, -0.2) is 57.2 Å². The number of methoxy groups -OCH3 is 1. The van der Waals surface area contributed by atoms with E-state index < -0.39 is 0 Å². The average molecular weight is 342 g/mol. The Kier molecular flexibility index (Phi) is 5.82. The molecule has 0 aliphatic carbocycles. The molecule has 1 aliphatic heterocycles. The minimum atomic E-state index is -0.0779. The number of nitrogens with one attached hydrogen (secondary N) is 2. The molecule has 1 heterocycles. The van der Waals surface area contributed by atoms with Gasteiger partial charge in [-0.1, -0.05) is 0 Å². The molecule has 1 saturated heterocycles. The zero-order valence-electron chi connectivity index (χ0n) is 11.6. The first-order valence-electron chi connectivity index (χ1n) is 6.75. The maximum absolute atomic E-state index is 12.1. The van der Waals surface area contributed by atoms with Crippen LogP contribution in [0.15, 0.2) is 22.7 Å². The highest BCUT2D eigenvalue weighted by molar-refractivity contribution is 9.10. The lowest BCUT2D eigenvalue weighted by molar-refractivity contribution is 0.0946. The van der Waals surface area contributed by atoms with Gasteiger partial charge >= 0.3 is 0 Å². The number of rotatable bonds is 5. The van der Waals surface area contributed by atoms with Crippen LogP contribution in [0.3, 0.4) is 0 Å². The molecular formula is C14H20BrN3O2. The van der Waals surface area contributed by atoms with E-state index in [1.165, 1.54) is 0 Å². The number of benzene rings is 1. The standard InChI is InChI=1S/C14H20BrN3O2/c1-20-11-2-3-13(15)12(10-11)14(19)17-6-9-18-7-4-16-5-8-18/h2-3,10,16H,4-9H2,1H3,(H,17,19). The zero-order chi connectivity index (χ0) is 14.4. The highest BCUT2D eigenvalue weighted by atomic mass is 79.9. The molecule has 5 nitrogen and oxygen atoms in total. The van der Waals surface area contributed by atoms with Crippen molar-refractivity contribution in [2.24, 2.45) is 0 Å². The average Bonchev–Trinajstić information content (AvgIpc) is 2.48. The van der Waals surface area contributed by atoms with E-state index in [1.807, 2.05) is 12.1 Å². The van der Waals surface area contributed by atoms with Crippen LogP contribution < -0.4 is 15.4 Å². The summed E-state index contributed by atoms with van der Waals surface area (Å²) in [5.74, 6) is 0.603. The molecule has 0 spiro atoms. The molecule has 1 amide bonds. The van der Waals surface area contributed by atoms with Gasteiger partial charge in [-0.15, -0.1) is 0 Å². The molecule has 110 valence electrons. The monoisotopic (exact) mass is 341 g/mol. The summed E-state index contributed by atoms with van der Waals surface area (Å²) in [6.07, 6.45) is 0. The quantitative estimate of drug-likeness (QED) is 0.841. The summed E-state index contributed by atoms with van der Waals surface area (Å²) in [5.41, 5.74) is 0.602. The molecule has 1 aromatic carbocycles. The number of hydrogen-bond acceptors (Lipinski definition) is 4. The van der Waals surface area contributed by atoms with Gasteiger partial charge in [0.2, 0.25) is 0 Å². The van der Waals surface area contributed by atoms with E-state index in [-0.39, 0.29) is 5.91 Å². The number of ether oxygens (including phenoxy) is 1. The van der Waals surface area contributed by atoms with Crippen LogP contribution in [0.5, 0.6) is 5.75 Å². The van der Waals surface area contributed by atoms with Crippen molar-refractivity contribution in [1.82, 2.24) is 15.5 Å². The summed E-state index contributed by atoms with van der Waals surface area (Å²) in [6, 6.07) is 5.38. The van der Waals surface area contributed by atoms with Gasteiger partial charge in [0, 0.05) is 43.7 Å². The van der Waals surface area contributed by atoms with Crippen molar-refractivity contribution >= 4 is 21.8 Å². The first kappa shape index (κ1) is 15.3. The summed E-state index contributed by atoms with van der Waals surface area (Å²) in [4.78, 5) is 14.5. The molecule has 0 saturated carbocycles. The molecule has 1 fully saturated rings. The minimum absolute atomic E-state index is 0.0779. The number of piperazine rings is 1. The fourth-order valence-electron chi connectivity index (χ4n) is 2.16. The van der Waals surface area contributed by atoms with Crippen LogP contribution in [0.2, 0.25) is 0 Å². The summed E-state index contributed by atoms with van der Waals surface area (Å²) in [7, 11) is 1.59. The predicted octanol–water partition coefficient (Wildman–Crippen LogP) is 1.09. The Labute approximate surface area is 127 Å². The molecule has 1 aromatic rings. The lowest BCUT2D eigenvalue weighted by Crippen LogP contribution is -2.46. The minimum Gasteiger partial charge on any atom is -0.497 e. The summed E-state index contributed by atoms with van der Waals surface area (Å²) >= 11 is 3.39. The summed E-state index contributed by atoms with van der Waals surface area (Å²) in [6.45, 7) is 5.67. The van der Waals surface area contributed by atoms with Crippen LogP contribution in [0.1, 0.15) is 10.4 Å². The molecular weight excluding hydrogens is 322 g/mol. The molecule has 0 atom stereocenters. The van der Waals surface area contributed by atoms with E-state index in [2.05, 4.69) is 31.5 Å². The van der Waals surface area contributed by atoms with Crippen LogP contribution in [0, 0.1) is 0 Å². The molecule has 2 N–H and O–H groups in total. The van der Waals surface area contributed by atoms with Crippen molar-refractivity contribution < 1.29 is 9.53 Å². The van der Waals surface area contributed by atoms with Gasteiger partial charge < -0.3 is 15.4 Å². The normalized spacial score (nSPS) is 15.9. The number of amides is 1. The summed E-state index contributed by atoms with van der Waals surface area (Å²) in [5, 5.41) is 6.26. The van der Waals surface area contributed by atoms with Crippen LogP contribution in [0.25, 0.3) is 0 Å². The van der Waals surface area contributed by atoms with Crippen LogP contribution in [0.4, 0.5) is 0 Å². The van der Waals surface area contributed by atoms with Gasteiger partial charge in [0.05, 0.1) is 12.7 Å². The van der Waals surface area contributed by atoms with Gasteiger partial charge in [-0.05, 0) is 34.1 Å². The SMILES string of the molecule is COc1ccc(Br)c(C(=O)NCCN2CCNCC2)c1. The fraction of sp³-hybridized carbons (Fsp3) is 0.500. The number of hydrogen-bond donors (Lipinski definition) is 2. The van der Waals surface area contributed by atoms with Gasteiger partial charge in [-0.25, -0.2) is 0 Å². The van der Waals surface area contributed by atoms with Gasteiger partial charge in [0.25, 0.3) is 5.91 Å². The zero-order valence-corrected chi connectivity index (χ0v) is 13.2. The van der Waals surface area contributed by atoms with E-state index in [0.717, 1.165) is 37.2 Å². The second-order valence-corrected chi connectivity index (χ2v) is 5.55. The van der Waals surface area contributed by atoms with E-state index in [9.17, 15) is 4.79 Å². The molecule has 2 rings (SSSR count). The largest absolute Gasteiger partial charge is 0.497 e. The topological polar surface area (TPSA) is 53.6 Å². The van der Waals surface area contributed by atoms with Crippen molar-refractivity contribution in [2.75, 3.05) is 46.4 Å². The lowest BCUT2D eigenvalue weighted by Gasteiger charge is -2.27. The highest BCUT2D eigenvalue weighted by Gasteiger charge is 2.13. The number of carbonyl (C=O) groups is 1. The second kappa shape index (κ2) is 7.61. The number of halogens is 1. The van der Waals surface area contributed by atoms with E-state index in [1.54, 1.807) is 13.2 Å². The Morgan fingerprint density at radius 3 is 2.90 bits per heavy atom. The molecule has 0 aromatic heterocycles. The van der Waals surface area contributed by atoms with Crippen molar-refractivity contribution in [3.05, 3.63) is 28.2 Å². The van der Waals surface area contributed by atoms with Gasteiger partial charge in [-0.2, -0.15) is 0 Å². The maximum Gasteiger partial charge on any atom is 0.252 e. The van der Waals surface area contributed by atoms with Crippen LogP contribution >= 0.6 is 15.9 Å². The van der Waals surface area contributed by atoms with Crippen molar-refractivity contribution in [3.63, 3.8) is 0 Å². The maximum atomic E-state index is 12.1. The first-order chi connectivity index (χ1) is 9.70. The van der Waals surface area contributed by atoms with Gasteiger partial charge in [0.1, 0.15) is 5.75 Å². The highest BCUT2D eigenvalue weighted by Crippen LogP contribution is 2.22. The molecule has 0 radical (unpaired) electrons. The Hall–Kier alpha value is -1.11. The van der Waals surface area contributed by atoms with Crippen molar-refractivity contribution in [2.45, 2.75) is 0 Å². The lowest BCUT2D eigenvalue weighted by atomic mass is 10.2. The van der Waals surface area contributed by atoms with Crippen molar-refractivity contribution in [3.8, 4) is 5.75 Å². The molecule has 6 heteroatoms. The van der Waals surface area contributed by atoms with E-state index in [4.69, 9.17) is 4.74 Å². The van der Waals surface area contributed by atoms with Crippen LogP contribution in [-0.2, 0) is 0 Å². The Bertz CT molecular complexity index is 462. The molecule has 20 heavy (non-hydrogen) atoms. The Morgan fingerprint density at radius 2 is 2.20 bits per heavy atom. The summed E-state index contributed by atoms with van der Waals surface area (Å²) < 4.78 is 5.92. The van der Waals surface area contributed by atoms with E-state index >= 15 is 0 Å². The number of nitrogens with zero attached hydrogens (tertiary/aromatic N) is 1. The first-order valence-corrected chi connectivity index (χ1v) is 7.55. The molecule has 0 bridgehead atoms. The molecule has 1 aliphatic rings. The third-order valence-corrected chi connectivity index (χ3v) is 4.03. The third kappa shape index (κ3) is 4.19. The van der Waals surface area contributed by atoms with Gasteiger partial charge in [0.15, 0.2) is 0 Å². The smallest absolute Gasteiger partial charge is 0.252 e. The van der Waals surface area contributed by atoms with Gasteiger partial charge in [-0.3, -0.25) is 9.69 Å². The van der Waals surface area contributed by atoms with Crippen molar-refractivity contribution in [1.29, 1.82) is 0 Å². The van der Waals surface area contributed by atoms with E-state index in [0.29, 0.717) is 17.9 Å². The predicted molar refractivity (Wildman–Crippen MR) is 82.3 cm³/mol. The third-order valence-electron chi connectivity index (χ3n) is 3.34. The molecule has 0 unspecified atom stereocenters. The number of carbonyl (C=O) groups excluding carboxylic acids is 1. The Balaban J connectivity index is 1.84. The Morgan fingerprint density at radius 1 is 1.45 bits per heavy atom.